The molecule has 0 aromatic heterocycles. The maximum absolute atomic E-state index is 12.7. The highest BCUT2D eigenvalue weighted by molar-refractivity contribution is 5.94. The molecule has 4 rings (SSSR count). The Hall–Kier alpha value is -3.22. The summed E-state index contributed by atoms with van der Waals surface area (Å²) in [6.45, 7) is 6.11. The summed E-state index contributed by atoms with van der Waals surface area (Å²) in [5, 5.41) is 3.48. The molecule has 0 saturated carbocycles. The van der Waals surface area contributed by atoms with Crippen LogP contribution in [-0.4, -0.2) is 75.1 Å². The van der Waals surface area contributed by atoms with Crippen LogP contribution in [0.15, 0.2) is 53.5 Å². The fourth-order valence-electron chi connectivity index (χ4n) is 4.54. The van der Waals surface area contributed by atoms with E-state index in [0.717, 1.165) is 74.9 Å². The van der Waals surface area contributed by atoms with Gasteiger partial charge in [0.05, 0.1) is 7.11 Å². The van der Waals surface area contributed by atoms with E-state index in [1.54, 1.807) is 7.11 Å². The Balaban J connectivity index is 1.27. The van der Waals surface area contributed by atoms with Gasteiger partial charge in [-0.15, -0.1) is 0 Å². The number of carbonyl (C=O) groups excluding carboxylic acids is 1. The number of rotatable bonds is 5. The lowest BCUT2D eigenvalue weighted by molar-refractivity contribution is 0.0724. The lowest BCUT2D eigenvalue weighted by atomic mass is 10.1. The van der Waals surface area contributed by atoms with E-state index >= 15 is 0 Å². The average molecular weight is 450 g/mol. The Morgan fingerprint density at radius 3 is 2.33 bits per heavy atom. The van der Waals surface area contributed by atoms with Crippen LogP contribution in [0.2, 0.25) is 0 Å². The minimum absolute atomic E-state index is 0.152. The van der Waals surface area contributed by atoms with Crippen LogP contribution in [-0.2, 0) is 6.54 Å². The molecule has 2 heterocycles. The van der Waals surface area contributed by atoms with Gasteiger partial charge in [-0.25, -0.2) is 0 Å². The fraction of sp³-hybridized carbons (Fsp3) is 0.462. The Labute approximate surface area is 197 Å². The highest BCUT2D eigenvalue weighted by Gasteiger charge is 2.21. The molecule has 33 heavy (non-hydrogen) atoms. The highest BCUT2D eigenvalue weighted by atomic mass is 16.5. The number of methoxy groups -OCH3 is 1. The maximum Gasteiger partial charge on any atom is 0.253 e. The molecule has 7 nitrogen and oxygen atoms in total. The smallest absolute Gasteiger partial charge is 0.253 e. The number of aliphatic imine (C=N–C) groups is 1. The molecule has 1 N–H and O–H groups in total. The molecular formula is C26H35N5O2. The van der Waals surface area contributed by atoms with Gasteiger partial charge in [0.25, 0.3) is 5.91 Å². The maximum atomic E-state index is 12.7. The van der Waals surface area contributed by atoms with Crippen LogP contribution in [0.25, 0.3) is 0 Å². The van der Waals surface area contributed by atoms with Crippen LogP contribution in [0.3, 0.4) is 0 Å². The Bertz CT molecular complexity index is 945. The topological polar surface area (TPSA) is 60.4 Å². The van der Waals surface area contributed by atoms with Crippen LogP contribution < -0.4 is 15.0 Å². The number of hydrogen-bond donors (Lipinski definition) is 1. The van der Waals surface area contributed by atoms with Crippen LogP contribution in [0, 0.1) is 0 Å². The molecular weight excluding hydrogens is 414 g/mol. The standard InChI is InChI=1S/C26H35N5O2/c1-27-26(31-17-15-29(16-18-31)23-7-6-8-24(19-23)33-2)28-20-21-9-11-22(12-10-21)25(32)30-13-4-3-5-14-30/h6-12,19H,3-5,13-18,20H2,1-2H3,(H,27,28). The van der Waals surface area contributed by atoms with Crippen LogP contribution in [0.5, 0.6) is 5.75 Å². The summed E-state index contributed by atoms with van der Waals surface area (Å²) in [4.78, 5) is 23.8. The number of benzene rings is 2. The zero-order chi connectivity index (χ0) is 23.0. The first-order valence-corrected chi connectivity index (χ1v) is 11.9. The number of nitrogens with one attached hydrogen (secondary N) is 1. The van der Waals surface area contributed by atoms with Crippen LogP contribution in [0.1, 0.15) is 35.2 Å². The predicted molar refractivity (Wildman–Crippen MR) is 133 cm³/mol. The summed E-state index contributed by atoms with van der Waals surface area (Å²) in [5.74, 6) is 1.95. The highest BCUT2D eigenvalue weighted by Crippen LogP contribution is 2.22. The second kappa shape index (κ2) is 11.1. The quantitative estimate of drug-likeness (QED) is 0.561. The van der Waals surface area contributed by atoms with Crippen molar-refractivity contribution in [3.05, 3.63) is 59.7 Å². The minimum Gasteiger partial charge on any atom is -0.497 e. The number of piperidine rings is 1. The average Bonchev–Trinajstić information content (AvgIpc) is 2.90. The van der Waals surface area contributed by atoms with Crippen LogP contribution in [0.4, 0.5) is 5.69 Å². The first kappa shape index (κ1) is 23.0. The number of nitrogens with zero attached hydrogens (tertiary/aromatic N) is 4. The summed E-state index contributed by atoms with van der Waals surface area (Å²) >= 11 is 0. The number of anilines is 1. The summed E-state index contributed by atoms with van der Waals surface area (Å²) in [6, 6.07) is 16.2. The summed E-state index contributed by atoms with van der Waals surface area (Å²) in [6.07, 6.45) is 3.45. The lowest BCUT2D eigenvalue weighted by Crippen LogP contribution is -2.52. The fourth-order valence-corrected chi connectivity index (χ4v) is 4.54. The minimum atomic E-state index is 0.152. The molecule has 0 unspecified atom stereocenters. The van der Waals surface area contributed by atoms with Gasteiger partial charge < -0.3 is 24.8 Å². The number of ether oxygens (including phenoxy) is 1. The van der Waals surface area contributed by atoms with E-state index in [9.17, 15) is 4.79 Å². The van der Waals surface area contributed by atoms with Gasteiger partial charge in [0.1, 0.15) is 5.75 Å². The number of piperazine rings is 1. The molecule has 2 aromatic carbocycles. The third-order valence-electron chi connectivity index (χ3n) is 6.50. The third kappa shape index (κ3) is 5.78. The SMILES string of the molecule is CN=C(NCc1ccc(C(=O)N2CCCCC2)cc1)N1CCN(c2cccc(OC)c2)CC1. The van der Waals surface area contributed by atoms with Crippen molar-refractivity contribution in [3.63, 3.8) is 0 Å². The lowest BCUT2D eigenvalue weighted by Gasteiger charge is -2.37. The van der Waals surface area contributed by atoms with Gasteiger partial charge in [-0.05, 0) is 49.1 Å². The Morgan fingerprint density at radius 1 is 0.939 bits per heavy atom. The van der Waals surface area contributed by atoms with Crippen LogP contribution >= 0.6 is 0 Å². The molecule has 7 heteroatoms. The number of guanidine groups is 1. The number of hydrogen-bond acceptors (Lipinski definition) is 4. The van der Waals surface area contributed by atoms with E-state index in [1.807, 2.05) is 48.3 Å². The zero-order valence-corrected chi connectivity index (χ0v) is 19.8. The van der Waals surface area contributed by atoms with Crippen molar-refractivity contribution in [2.75, 3.05) is 58.3 Å². The largest absolute Gasteiger partial charge is 0.497 e. The molecule has 2 aromatic rings. The molecule has 0 aliphatic carbocycles. The molecule has 0 spiro atoms. The molecule has 0 radical (unpaired) electrons. The zero-order valence-electron chi connectivity index (χ0n) is 19.8. The van der Waals surface area contributed by atoms with Gasteiger partial charge in [0.15, 0.2) is 5.96 Å². The van der Waals surface area contributed by atoms with Crippen molar-refractivity contribution in [2.45, 2.75) is 25.8 Å². The monoisotopic (exact) mass is 449 g/mol. The molecule has 2 aliphatic heterocycles. The second-order valence-electron chi connectivity index (χ2n) is 8.63. The molecule has 2 fully saturated rings. The van der Waals surface area contributed by atoms with Gasteiger partial charge in [0, 0.05) is 70.2 Å². The molecule has 0 bridgehead atoms. The third-order valence-corrected chi connectivity index (χ3v) is 6.50. The van der Waals surface area contributed by atoms with E-state index in [2.05, 4.69) is 32.2 Å². The van der Waals surface area contributed by atoms with Gasteiger partial charge in [-0.1, -0.05) is 18.2 Å². The van der Waals surface area contributed by atoms with Crippen molar-refractivity contribution in [1.82, 2.24) is 15.1 Å². The summed E-state index contributed by atoms with van der Waals surface area (Å²) in [5.41, 5.74) is 3.11. The number of likely N-dealkylation sites (tertiary alicyclic amines) is 1. The van der Waals surface area contributed by atoms with E-state index in [4.69, 9.17) is 4.74 Å². The van der Waals surface area contributed by atoms with Crippen molar-refractivity contribution in [1.29, 1.82) is 0 Å². The van der Waals surface area contributed by atoms with Crippen molar-refractivity contribution >= 4 is 17.6 Å². The Morgan fingerprint density at radius 2 is 1.67 bits per heavy atom. The summed E-state index contributed by atoms with van der Waals surface area (Å²) < 4.78 is 5.36. The first-order chi connectivity index (χ1) is 16.2. The van der Waals surface area contributed by atoms with Gasteiger partial charge in [-0.2, -0.15) is 0 Å². The predicted octanol–water partition coefficient (Wildman–Crippen LogP) is 3.22. The van der Waals surface area contributed by atoms with Crippen molar-refractivity contribution < 1.29 is 9.53 Å². The summed E-state index contributed by atoms with van der Waals surface area (Å²) in [7, 11) is 3.53. The van der Waals surface area contributed by atoms with Gasteiger partial charge in [-0.3, -0.25) is 9.79 Å². The van der Waals surface area contributed by atoms with Gasteiger partial charge >= 0.3 is 0 Å². The number of amides is 1. The molecule has 0 atom stereocenters. The Kier molecular flexibility index (Phi) is 7.70. The van der Waals surface area contributed by atoms with Crippen molar-refractivity contribution in [3.8, 4) is 5.75 Å². The van der Waals surface area contributed by atoms with Gasteiger partial charge in [0.2, 0.25) is 0 Å². The molecule has 2 saturated heterocycles. The molecule has 1 amide bonds. The molecule has 2 aliphatic rings. The number of carbonyl (C=O) groups is 1. The van der Waals surface area contributed by atoms with E-state index in [0.29, 0.717) is 6.54 Å². The second-order valence-corrected chi connectivity index (χ2v) is 8.63. The normalized spacial score (nSPS) is 17.2. The van der Waals surface area contributed by atoms with Crippen molar-refractivity contribution in [2.24, 2.45) is 4.99 Å². The molecule has 176 valence electrons. The van der Waals surface area contributed by atoms with E-state index in [-0.39, 0.29) is 5.91 Å². The first-order valence-electron chi connectivity index (χ1n) is 11.9. The van der Waals surface area contributed by atoms with E-state index < -0.39 is 0 Å². The van der Waals surface area contributed by atoms with E-state index in [1.165, 1.54) is 12.1 Å².